The molecule has 0 spiro atoms. The maximum Gasteiger partial charge on any atom is 0.330 e. The molecule has 0 aliphatic rings. The van der Waals surface area contributed by atoms with Crippen molar-refractivity contribution in [3.63, 3.8) is 0 Å². The number of hydrogen-bond donors (Lipinski definition) is 2. The molecule has 0 aliphatic carbocycles. The number of H-pyrrole nitrogens is 1. The number of rotatable bonds is 8. The third kappa shape index (κ3) is 5.33. The van der Waals surface area contributed by atoms with Gasteiger partial charge in [0.1, 0.15) is 17.3 Å². The highest BCUT2D eigenvalue weighted by atomic mass is 16.5. The number of para-hydroxylation sites is 1. The number of nitrogens with zero attached hydrogens (tertiary/aromatic N) is 2. The van der Waals surface area contributed by atoms with Crippen LogP contribution < -0.4 is 26.6 Å². The molecular formula is C27H26N4O4. The van der Waals surface area contributed by atoms with E-state index in [4.69, 9.17) is 10.5 Å². The van der Waals surface area contributed by atoms with Crippen LogP contribution in [0.4, 0.5) is 11.5 Å². The molecule has 0 fully saturated rings. The molecule has 4 rings (SSSR count). The van der Waals surface area contributed by atoms with Gasteiger partial charge in [-0.1, -0.05) is 55.5 Å². The number of hydrogen-bond acceptors (Lipinski definition) is 5. The van der Waals surface area contributed by atoms with Crippen LogP contribution in [0.15, 0.2) is 94.5 Å². The first-order valence-electron chi connectivity index (χ1n) is 11.3. The van der Waals surface area contributed by atoms with Crippen LogP contribution in [0.2, 0.25) is 0 Å². The Labute approximate surface area is 202 Å². The van der Waals surface area contributed by atoms with Gasteiger partial charge in [0.2, 0.25) is 0 Å². The van der Waals surface area contributed by atoms with Crippen molar-refractivity contribution >= 4 is 17.4 Å². The van der Waals surface area contributed by atoms with E-state index in [1.165, 1.54) is 9.47 Å². The highest BCUT2D eigenvalue weighted by Gasteiger charge is 2.25. The maximum absolute atomic E-state index is 13.5. The van der Waals surface area contributed by atoms with Gasteiger partial charge < -0.3 is 15.4 Å². The second-order valence-corrected chi connectivity index (χ2v) is 7.96. The fraction of sp³-hybridized carbons (Fsp3) is 0.148. The van der Waals surface area contributed by atoms with Crippen LogP contribution in [0, 0.1) is 0 Å². The first-order chi connectivity index (χ1) is 17.0. The minimum absolute atomic E-state index is 0.0445. The van der Waals surface area contributed by atoms with Crippen LogP contribution >= 0.6 is 0 Å². The number of carbonyl (C=O) groups is 1. The summed E-state index contributed by atoms with van der Waals surface area (Å²) in [5.74, 6) is 0.788. The molecule has 178 valence electrons. The lowest BCUT2D eigenvalue weighted by Gasteiger charge is -2.24. The number of ether oxygens (including phenoxy) is 1. The number of aromatic amines is 1. The van der Waals surface area contributed by atoms with Crippen molar-refractivity contribution in [2.24, 2.45) is 0 Å². The summed E-state index contributed by atoms with van der Waals surface area (Å²) < 4.78 is 7.05. The van der Waals surface area contributed by atoms with Gasteiger partial charge >= 0.3 is 5.69 Å². The third-order valence-corrected chi connectivity index (χ3v) is 5.44. The number of amides is 1. The Bertz CT molecular complexity index is 1410. The lowest BCUT2D eigenvalue weighted by Crippen LogP contribution is -2.41. The van der Waals surface area contributed by atoms with Crippen LogP contribution in [-0.2, 0) is 6.54 Å². The van der Waals surface area contributed by atoms with Crippen molar-refractivity contribution in [3.05, 3.63) is 117 Å². The molecule has 0 atom stereocenters. The average molecular weight is 471 g/mol. The van der Waals surface area contributed by atoms with E-state index in [0.29, 0.717) is 23.5 Å². The summed E-state index contributed by atoms with van der Waals surface area (Å²) in [7, 11) is 0. The van der Waals surface area contributed by atoms with E-state index in [2.05, 4.69) is 4.98 Å². The van der Waals surface area contributed by atoms with Crippen LogP contribution in [0.3, 0.4) is 0 Å². The van der Waals surface area contributed by atoms with Crippen LogP contribution in [0.1, 0.15) is 29.3 Å². The van der Waals surface area contributed by atoms with Crippen molar-refractivity contribution in [2.75, 3.05) is 17.2 Å². The Hall–Kier alpha value is -4.59. The summed E-state index contributed by atoms with van der Waals surface area (Å²) in [4.78, 5) is 42.4. The molecule has 0 saturated carbocycles. The van der Waals surface area contributed by atoms with Crippen LogP contribution in [0.5, 0.6) is 11.5 Å². The molecule has 8 nitrogen and oxygen atoms in total. The summed E-state index contributed by atoms with van der Waals surface area (Å²) >= 11 is 0. The molecule has 3 aromatic carbocycles. The number of benzene rings is 3. The molecular weight excluding hydrogens is 444 g/mol. The second-order valence-electron chi connectivity index (χ2n) is 7.96. The zero-order valence-electron chi connectivity index (χ0n) is 19.3. The lowest BCUT2D eigenvalue weighted by atomic mass is 10.1. The van der Waals surface area contributed by atoms with Crippen LogP contribution in [-0.4, -0.2) is 22.0 Å². The standard InChI is InChI=1S/C27H26N4O4/c1-2-17-30(26(33)20-13-15-22(16-14-20)35-21-11-7-4-8-12-21)23-24(28)31(27(34)29-25(23)32)18-19-9-5-3-6-10-19/h3-16H,2,17-18,28H2,1H3,(H,29,32,34). The number of nitrogens with two attached hydrogens (primary N) is 1. The zero-order chi connectivity index (χ0) is 24.8. The molecule has 0 unspecified atom stereocenters. The van der Waals surface area contributed by atoms with Gasteiger partial charge in [0.15, 0.2) is 5.69 Å². The van der Waals surface area contributed by atoms with E-state index in [1.54, 1.807) is 24.3 Å². The van der Waals surface area contributed by atoms with Crippen molar-refractivity contribution < 1.29 is 9.53 Å². The number of nitrogens with one attached hydrogen (secondary N) is 1. The van der Waals surface area contributed by atoms with Gasteiger partial charge in [-0.2, -0.15) is 0 Å². The Kier molecular flexibility index (Phi) is 7.11. The summed E-state index contributed by atoms with van der Waals surface area (Å²) in [6.07, 6.45) is 0.581. The topological polar surface area (TPSA) is 110 Å². The Morgan fingerprint density at radius 3 is 2.14 bits per heavy atom. The van der Waals surface area contributed by atoms with Gasteiger partial charge in [0, 0.05) is 12.1 Å². The first-order valence-corrected chi connectivity index (χ1v) is 11.3. The van der Waals surface area contributed by atoms with Crippen molar-refractivity contribution in [3.8, 4) is 11.5 Å². The highest BCUT2D eigenvalue weighted by Crippen LogP contribution is 2.24. The summed E-state index contributed by atoms with van der Waals surface area (Å²) in [6.45, 7) is 2.30. The fourth-order valence-electron chi connectivity index (χ4n) is 3.75. The molecule has 0 radical (unpaired) electrons. The molecule has 8 heteroatoms. The molecule has 3 N–H and O–H groups in total. The smallest absolute Gasteiger partial charge is 0.330 e. The lowest BCUT2D eigenvalue weighted by molar-refractivity contribution is 0.0986. The summed E-state index contributed by atoms with van der Waals surface area (Å²) in [6, 6.07) is 25.2. The molecule has 0 bridgehead atoms. The SMILES string of the molecule is CCCN(C(=O)c1ccc(Oc2ccccc2)cc1)c1c(N)n(Cc2ccccc2)c(=O)[nH]c1=O. The molecule has 0 saturated heterocycles. The van der Waals surface area contributed by atoms with Gasteiger partial charge in [-0.15, -0.1) is 0 Å². The Balaban J connectivity index is 1.66. The van der Waals surface area contributed by atoms with E-state index in [0.717, 1.165) is 5.56 Å². The normalized spacial score (nSPS) is 10.7. The predicted molar refractivity (Wildman–Crippen MR) is 136 cm³/mol. The molecule has 35 heavy (non-hydrogen) atoms. The predicted octanol–water partition coefficient (Wildman–Crippen LogP) is 4.02. The van der Waals surface area contributed by atoms with E-state index >= 15 is 0 Å². The van der Waals surface area contributed by atoms with Gasteiger partial charge in [-0.25, -0.2) is 4.79 Å². The highest BCUT2D eigenvalue weighted by molar-refractivity contribution is 6.07. The first kappa shape index (κ1) is 23.6. The van der Waals surface area contributed by atoms with Crippen LogP contribution in [0.25, 0.3) is 0 Å². The summed E-state index contributed by atoms with van der Waals surface area (Å²) in [5, 5.41) is 0. The quantitative estimate of drug-likeness (QED) is 0.404. The number of anilines is 2. The van der Waals surface area contributed by atoms with Gasteiger partial charge in [-0.05, 0) is 48.4 Å². The zero-order valence-corrected chi connectivity index (χ0v) is 19.3. The average Bonchev–Trinajstić information content (AvgIpc) is 2.87. The molecule has 1 amide bonds. The number of carbonyl (C=O) groups excluding carboxylic acids is 1. The minimum Gasteiger partial charge on any atom is -0.457 e. The Morgan fingerprint density at radius 1 is 0.914 bits per heavy atom. The van der Waals surface area contributed by atoms with E-state index < -0.39 is 17.2 Å². The Morgan fingerprint density at radius 2 is 1.51 bits per heavy atom. The van der Waals surface area contributed by atoms with Crippen molar-refractivity contribution in [2.45, 2.75) is 19.9 Å². The van der Waals surface area contributed by atoms with E-state index in [1.807, 2.05) is 67.6 Å². The van der Waals surface area contributed by atoms with Crippen molar-refractivity contribution in [1.29, 1.82) is 0 Å². The van der Waals surface area contributed by atoms with E-state index in [9.17, 15) is 14.4 Å². The summed E-state index contributed by atoms with van der Waals surface area (Å²) in [5.41, 5.74) is 6.13. The number of aromatic nitrogens is 2. The molecule has 4 aromatic rings. The van der Waals surface area contributed by atoms with Gasteiger partial charge in [-0.3, -0.25) is 19.1 Å². The van der Waals surface area contributed by atoms with Gasteiger partial charge in [0.25, 0.3) is 11.5 Å². The molecule has 1 aromatic heterocycles. The largest absolute Gasteiger partial charge is 0.457 e. The van der Waals surface area contributed by atoms with E-state index in [-0.39, 0.29) is 24.6 Å². The second kappa shape index (κ2) is 10.6. The number of nitrogen functional groups attached to an aromatic ring is 1. The maximum atomic E-state index is 13.5. The fourth-order valence-corrected chi connectivity index (χ4v) is 3.75. The van der Waals surface area contributed by atoms with Gasteiger partial charge in [0.05, 0.1) is 6.54 Å². The minimum atomic E-state index is -0.706. The monoisotopic (exact) mass is 470 g/mol. The molecule has 1 heterocycles. The molecule has 0 aliphatic heterocycles. The third-order valence-electron chi connectivity index (χ3n) is 5.44. The van der Waals surface area contributed by atoms with Crippen molar-refractivity contribution in [1.82, 2.24) is 9.55 Å².